The Labute approximate surface area is 119 Å². The fourth-order valence-corrected chi connectivity index (χ4v) is 1.68. The molecule has 5 nitrogen and oxygen atoms in total. The van der Waals surface area contributed by atoms with Crippen LogP contribution in [0.2, 0.25) is 0 Å². The Morgan fingerprint density at radius 1 is 1.45 bits per heavy atom. The number of likely N-dealkylation sites (N-methyl/N-ethyl adjacent to an activating group) is 1. The minimum atomic E-state index is -0.462. The van der Waals surface area contributed by atoms with E-state index in [-0.39, 0.29) is 12.7 Å². The van der Waals surface area contributed by atoms with E-state index >= 15 is 0 Å². The van der Waals surface area contributed by atoms with Crippen LogP contribution in [0.5, 0.6) is 0 Å². The Balaban J connectivity index is 2.53. The average molecular weight is 276 g/mol. The van der Waals surface area contributed by atoms with Gasteiger partial charge in [-0.25, -0.2) is 4.79 Å². The highest BCUT2D eigenvalue weighted by molar-refractivity contribution is 5.95. The quantitative estimate of drug-likeness (QED) is 0.753. The highest BCUT2D eigenvalue weighted by Crippen LogP contribution is 2.11. The summed E-state index contributed by atoms with van der Waals surface area (Å²) in [6.07, 6.45) is 8.86. The first-order valence-electron chi connectivity index (χ1n) is 6.48. The molecule has 1 aliphatic carbocycles. The van der Waals surface area contributed by atoms with Crippen LogP contribution >= 0.6 is 0 Å². The predicted octanol–water partition coefficient (Wildman–Crippen LogP) is 1.93. The average Bonchev–Trinajstić information content (AvgIpc) is 2.67. The molecule has 0 atom stereocenters. The number of ether oxygens (including phenoxy) is 1. The molecule has 0 radical (unpaired) electrons. The van der Waals surface area contributed by atoms with Crippen LogP contribution in [0.15, 0.2) is 48.1 Å². The van der Waals surface area contributed by atoms with Crippen LogP contribution in [0.4, 0.5) is 4.79 Å². The monoisotopic (exact) mass is 276 g/mol. The molecule has 0 fully saturated rings. The van der Waals surface area contributed by atoms with Crippen LogP contribution in [0, 0.1) is 0 Å². The number of carbonyl (C=O) groups is 2. The van der Waals surface area contributed by atoms with Crippen molar-refractivity contribution >= 4 is 12.0 Å². The highest BCUT2D eigenvalue weighted by atomic mass is 16.6. The molecule has 0 saturated heterocycles. The highest BCUT2D eigenvalue weighted by Gasteiger charge is 2.12. The van der Waals surface area contributed by atoms with Gasteiger partial charge in [0, 0.05) is 18.7 Å². The Morgan fingerprint density at radius 3 is 2.80 bits per heavy atom. The van der Waals surface area contributed by atoms with Gasteiger partial charge in [-0.15, -0.1) is 6.58 Å². The van der Waals surface area contributed by atoms with E-state index in [4.69, 9.17) is 10.5 Å². The maximum Gasteiger partial charge on any atom is 0.410 e. The molecule has 0 bridgehead atoms. The zero-order valence-electron chi connectivity index (χ0n) is 11.7. The van der Waals surface area contributed by atoms with Gasteiger partial charge in [0.05, 0.1) is 0 Å². The van der Waals surface area contributed by atoms with Gasteiger partial charge in [-0.1, -0.05) is 24.3 Å². The van der Waals surface area contributed by atoms with Crippen molar-refractivity contribution in [3.63, 3.8) is 0 Å². The Bertz CT molecular complexity index is 476. The third kappa shape index (κ3) is 4.76. The molecule has 1 aliphatic rings. The number of hydrogen-bond acceptors (Lipinski definition) is 3. The molecule has 20 heavy (non-hydrogen) atoms. The van der Waals surface area contributed by atoms with Crippen molar-refractivity contribution in [1.82, 2.24) is 4.90 Å². The Hall–Kier alpha value is -2.30. The first-order valence-corrected chi connectivity index (χ1v) is 6.48. The summed E-state index contributed by atoms with van der Waals surface area (Å²) in [5.74, 6) is -0.462. The molecule has 108 valence electrons. The van der Waals surface area contributed by atoms with Gasteiger partial charge in [0.1, 0.15) is 6.61 Å². The summed E-state index contributed by atoms with van der Waals surface area (Å²) in [5, 5.41) is 0. The van der Waals surface area contributed by atoms with Gasteiger partial charge in [-0.05, 0) is 25.0 Å². The topological polar surface area (TPSA) is 72.6 Å². The van der Waals surface area contributed by atoms with E-state index in [0.717, 1.165) is 5.57 Å². The van der Waals surface area contributed by atoms with Crippen LogP contribution in [0.1, 0.15) is 13.3 Å². The predicted molar refractivity (Wildman–Crippen MR) is 77.9 cm³/mol. The number of carbonyl (C=O) groups excluding carboxylic acids is 2. The molecule has 0 saturated carbocycles. The van der Waals surface area contributed by atoms with Crippen molar-refractivity contribution in [2.45, 2.75) is 13.3 Å². The zero-order valence-corrected chi connectivity index (χ0v) is 11.7. The summed E-state index contributed by atoms with van der Waals surface area (Å²) in [6, 6.07) is 0. The third-order valence-electron chi connectivity index (χ3n) is 2.83. The van der Waals surface area contributed by atoms with Gasteiger partial charge in [0.2, 0.25) is 5.91 Å². The van der Waals surface area contributed by atoms with Crippen molar-refractivity contribution in [3.8, 4) is 0 Å². The minimum absolute atomic E-state index is 0.170. The molecule has 0 unspecified atom stereocenters. The van der Waals surface area contributed by atoms with Gasteiger partial charge in [0.15, 0.2) is 0 Å². The Morgan fingerprint density at radius 2 is 2.20 bits per heavy atom. The van der Waals surface area contributed by atoms with E-state index < -0.39 is 5.91 Å². The lowest BCUT2D eigenvalue weighted by Gasteiger charge is -2.18. The van der Waals surface area contributed by atoms with Gasteiger partial charge in [0.25, 0.3) is 0 Å². The van der Waals surface area contributed by atoms with E-state index in [9.17, 15) is 9.59 Å². The molecule has 0 aliphatic heterocycles. The Kier molecular flexibility index (Phi) is 6.29. The molecule has 2 N–H and O–H groups in total. The van der Waals surface area contributed by atoms with Gasteiger partial charge >= 0.3 is 6.09 Å². The fraction of sp³-hybridized carbons (Fsp3) is 0.333. The van der Waals surface area contributed by atoms with Crippen molar-refractivity contribution < 1.29 is 14.3 Å². The molecule has 0 spiro atoms. The van der Waals surface area contributed by atoms with Gasteiger partial charge < -0.3 is 15.4 Å². The van der Waals surface area contributed by atoms with E-state index in [1.54, 1.807) is 29.2 Å². The van der Waals surface area contributed by atoms with Crippen LogP contribution in [-0.2, 0) is 9.53 Å². The number of primary amides is 1. The summed E-state index contributed by atoms with van der Waals surface area (Å²) in [6.45, 7) is 6.66. The molecular formula is C15H20N2O3. The van der Waals surface area contributed by atoms with Gasteiger partial charge in [-0.2, -0.15) is 0 Å². The lowest BCUT2D eigenvalue weighted by Crippen LogP contribution is -2.31. The molecule has 1 rings (SSSR count). The standard InChI is InChI=1S/C15H20N2O3/c1-3-10-17(4-2)15(19)20-11-12-6-5-7-13(9-8-12)14(16)18/h3,6-9H,1,4-5,10-11H2,2H3,(H2,16,18). The van der Waals surface area contributed by atoms with E-state index in [1.165, 1.54) is 0 Å². The molecule has 0 aromatic carbocycles. The van der Waals surface area contributed by atoms with Crippen molar-refractivity contribution in [2.24, 2.45) is 5.73 Å². The summed E-state index contributed by atoms with van der Waals surface area (Å²) < 4.78 is 5.22. The number of nitrogens with two attached hydrogens (primary N) is 1. The smallest absolute Gasteiger partial charge is 0.410 e. The molecule has 0 heterocycles. The summed E-state index contributed by atoms with van der Waals surface area (Å²) in [5.41, 5.74) is 6.51. The molecular weight excluding hydrogens is 256 g/mol. The van der Waals surface area contributed by atoms with Gasteiger partial charge in [-0.3, -0.25) is 4.79 Å². The fourth-order valence-electron chi connectivity index (χ4n) is 1.68. The number of nitrogens with zero attached hydrogens (tertiary/aromatic N) is 1. The molecule has 0 aromatic rings. The van der Waals surface area contributed by atoms with E-state index in [0.29, 0.717) is 25.1 Å². The van der Waals surface area contributed by atoms with E-state index in [2.05, 4.69) is 6.58 Å². The maximum absolute atomic E-state index is 11.8. The summed E-state index contributed by atoms with van der Waals surface area (Å²) in [7, 11) is 0. The summed E-state index contributed by atoms with van der Waals surface area (Å²) in [4.78, 5) is 24.4. The molecule has 5 heteroatoms. The third-order valence-corrected chi connectivity index (χ3v) is 2.83. The second-order valence-electron chi connectivity index (χ2n) is 4.25. The van der Waals surface area contributed by atoms with Crippen LogP contribution in [0.3, 0.4) is 0 Å². The van der Waals surface area contributed by atoms with Crippen LogP contribution in [-0.4, -0.2) is 36.6 Å². The minimum Gasteiger partial charge on any atom is -0.445 e. The van der Waals surface area contributed by atoms with Crippen LogP contribution < -0.4 is 5.73 Å². The number of rotatable bonds is 6. The maximum atomic E-state index is 11.8. The van der Waals surface area contributed by atoms with Crippen LogP contribution in [0.25, 0.3) is 0 Å². The second-order valence-corrected chi connectivity index (χ2v) is 4.25. The molecule has 2 amide bonds. The second kappa shape index (κ2) is 7.99. The van der Waals surface area contributed by atoms with Crippen molar-refractivity contribution in [2.75, 3.05) is 19.7 Å². The number of hydrogen-bond donors (Lipinski definition) is 1. The lowest BCUT2D eigenvalue weighted by molar-refractivity contribution is -0.114. The van der Waals surface area contributed by atoms with Crippen molar-refractivity contribution in [3.05, 3.63) is 48.1 Å². The molecule has 0 aromatic heterocycles. The first kappa shape index (κ1) is 15.8. The summed E-state index contributed by atoms with van der Waals surface area (Å²) >= 11 is 0. The zero-order chi connectivity index (χ0) is 15.0. The SMILES string of the molecule is C=CCN(CC)C(=O)OCC1=CCC=C(C(N)=O)C=C1. The first-order chi connectivity index (χ1) is 9.58. The van der Waals surface area contributed by atoms with Crippen molar-refractivity contribution in [1.29, 1.82) is 0 Å². The van der Waals surface area contributed by atoms with E-state index in [1.807, 2.05) is 13.0 Å². The normalized spacial score (nSPS) is 13.8. The lowest BCUT2D eigenvalue weighted by atomic mass is 10.2. The number of allylic oxidation sites excluding steroid dienone is 2. The number of amides is 2. The largest absolute Gasteiger partial charge is 0.445 e.